The molecule has 0 aliphatic rings. The van der Waals surface area contributed by atoms with Gasteiger partial charge in [0.15, 0.2) is 0 Å². The average Bonchev–Trinajstić information content (AvgIpc) is 0.918. The van der Waals surface area contributed by atoms with Crippen LogP contribution in [0.25, 0.3) is 0 Å². The Hall–Kier alpha value is 0.912. The first-order valence-corrected chi connectivity index (χ1v) is 1.97. The monoisotopic (exact) mass is 232 g/mol. The second-order valence-corrected chi connectivity index (χ2v) is 0.403. The van der Waals surface area contributed by atoms with E-state index in [0.717, 1.165) is 0 Å². The van der Waals surface area contributed by atoms with Crippen LogP contribution >= 0.6 is 0 Å². The van der Waals surface area contributed by atoms with Gasteiger partial charge in [-0.15, -0.1) is 0 Å². The molecule has 4 heteroatoms. The van der Waals surface area contributed by atoms with E-state index in [1.807, 2.05) is 0 Å². The van der Waals surface area contributed by atoms with E-state index in [9.17, 15) is 0 Å². The molecule has 0 heterocycles. The molecule has 0 spiro atoms. The SMILES string of the molecule is [O]=[Mo]=[O].[Ru]. The molecule has 0 aliphatic heterocycles. The molecular weight excluding hydrogens is 229 g/mol. The second kappa shape index (κ2) is 9.07. The zero-order valence-electron chi connectivity index (χ0n) is 1.58. The molecule has 0 aromatic heterocycles. The van der Waals surface area contributed by atoms with E-state index in [0.29, 0.717) is 0 Å². The normalized spacial score (nSPS) is 3.00. The van der Waals surface area contributed by atoms with Gasteiger partial charge in [0.2, 0.25) is 0 Å². The summed E-state index contributed by atoms with van der Waals surface area (Å²) in [5, 5.41) is 0. The van der Waals surface area contributed by atoms with Crippen LogP contribution < -0.4 is 0 Å². The minimum atomic E-state index is -2.03. The standard InChI is InChI=1S/Mo.2O.Ru. The Morgan fingerprint density at radius 1 is 1.25 bits per heavy atom. The van der Waals surface area contributed by atoms with Crippen LogP contribution in [0.2, 0.25) is 0 Å². The van der Waals surface area contributed by atoms with E-state index in [4.69, 9.17) is 6.80 Å². The van der Waals surface area contributed by atoms with Gasteiger partial charge in [0.1, 0.15) is 0 Å². The summed E-state index contributed by atoms with van der Waals surface area (Å²) < 4.78 is 17.0. The molecule has 0 atom stereocenters. The van der Waals surface area contributed by atoms with E-state index in [2.05, 4.69) is 0 Å². The molecule has 0 aromatic rings. The molecule has 0 fully saturated rings. The molecule has 0 saturated carbocycles. The van der Waals surface area contributed by atoms with Gasteiger partial charge >= 0.3 is 25.3 Å². The molecule has 0 radical (unpaired) electrons. The number of hydrogen-bond donors (Lipinski definition) is 0. The molecule has 0 bridgehead atoms. The van der Waals surface area contributed by atoms with Crippen molar-refractivity contribution in [2.24, 2.45) is 0 Å². The Balaban J connectivity index is 0. The van der Waals surface area contributed by atoms with Gasteiger partial charge in [0, 0.05) is 19.5 Å². The van der Waals surface area contributed by atoms with E-state index in [1.165, 1.54) is 0 Å². The van der Waals surface area contributed by atoms with Crippen molar-refractivity contribution in [1.82, 2.24) is 0 Å². The van der Waals surface area contributed by atoms with Gasteiger partial charge in [-0.2, -0.15) is 0 Å². The van der Waals surface area contributed by atoms with Crippen molar-refractivity contribution in [2.45, 2.75) is 0 Å². The zero-order chi connectivity index (χ0) is 2.71. The molecule has 0 aromatic carbocycles. The summed E-state index contributed by atoms with van der Waals surface area (Å²) in [6.45, 7) is 0. The maximum atomic E-state index is 8.50. The summed E-state index contributed by atoms with van der Waals surface area (Å²) >= 11 is -2.03. The summed E-state index contributed by atoms with van der Waals surface area (Å²) in [7, 11) is 0. The van der Waals surface area contributed by atoms with Crippen molar-refractivity contribution < 1.29 is 44.8 Å². The van der Waals surface area contributed by atoms with Crippen LogP contribution in [0.5, 0.6) is 0 Å². The second-order valence-electron chi connectivity index (χ2n) is 0.0680. The van der Waals surface area contributed by atoms with Crippen molar-refractivity contribution in [3.05, 3.63) is 0 Å². The van der Waals surface area contributed by atoms with E-state index >= 15 is 0 Å². The first-order chi connectivity index (χ1) is 1.41. The Morgan fingerprint density at radius 2 is 1.25 bits per heavy atom. The third-order valence-electron chi connectivity index (χ3n) is 0. The first kappa shape index (κ1) is 8.86. The largest absolute Gasteiger partial charge is 0 e. The van der Waals surface area contributed by atoms with Crippen molar-refractivity contribution >= 4 is 0 Å². The fraction of sp³-hybridized carbons (Fsp3) is 0. The summed E-state index contributed by atoms with van der Waals surface area (Å²) in [5.41, 5.74) is 0. The third kappa shape index (κ3) is 12.8. The predicted octanol–water partition coefficient (Wildman–Crippen LogP) is -0.243. The fourth-order valence-corrected chi connectivity index (χ4v) is 0. The molecule has 2 nitrogen and oxygen atoms in total. The Morgan fingerprint density at radius 3 is 1.25 bits per heavy atom. The minimum absolute atomic E-state index is 0. The summed E-state index contributed by atoms with van der Waals surface area (Å²) in [4.78, 5) is 0. The molecule has 26 valence electrons. The molecular formula is MoO2Ru. The van der Waals surface area contributed by atoms with Gasteiger partial charge < -0.3 is 0 Å². The molecule has 0 aliphatic carbocycles. The van der Waals surface area contributed by atoms with Gasteiger partial charge in [0.05, 0.1) is 0 Å². The van der Waals surface area contributed by atoms with Gasteiger partial charge in [-0.25, -0.2) is 0 Å². The predicted molar refractivity (Wildman–Crippen MR) is 1.37 cm³/mol. The molecule has 0 N–H and O–H groups in total. The quantitative estimate of drug-likeness (QED) is 0.537. The maximum absolute atomic E-state index is 8.50. The topological polar surface area (TPSA) is 34.1 Å². The summed E-state index contributed by atoms with van der Waals surface area (Å²) in [6, 6.07) is 0. The van der Waals surface area contributed by atoms with Crippen LogP contribution in [0.4, 0.5) is 0 Å². The van der Waals surface area contributed by atoms with E-state index in [1.54, 1.807) is 0 Å². The summed E-state index contributed by atoms with van der Waals surface area (Å²) in [5.74, 6) is 0. The Labute approximate surface area is 44.9 Å². The van der Waals surface area contributed by atoms with Gasteiger partial charge in [-0.1, -0.05) is 0 Å². The van der Waals surface area contributed by atoms with Gasteiger partial charge in [-0.3, -0.25) is 0 Å². The molecule has 0 rings (SSSR count). The van der Waals surface area contributed by atoms with Crippen molar-refractivity contribution in [2.75, 3.05) is 0 Å². The summed E-state index contributed by atoms with van der Waals surface area (Å²) in [6.07, 6.45) is 0. The maximum Gasteiger partial charge on any atom is 0 e. The van der Waals surface area contributed by atoms with Crippen LogP contribution in [0.3, 0.4) is 0 Å². The minimum Gasteiger partial charge on any atom is 0 e. The van der Waals surface area contributed by atoms with Gasteiger partial charge in [0.25, 0.3) is 0 Å². The van der Waals surface area contributed by atoms with Crippen molar-refractivity contribution in [3.63, 3.8) is 0 Å². The van der Waals surface area contributed by atoms with Crippen LogP contribution in [0.15, 0.2) is 0 Å². The Kier molecular flexibility index (Phi) is 20.1. The number of rotatable bonds is 0. The van der Waals surface area contributed by atoms with Crippen LogP contribution in [-0.2, 0) is 44.8 Å². The van der Waals surface area contributed by atoms with Crippen LogP contribution in [0, 0.1) is 0 Å². The Bertz CT molecular complexity index is 27.0. The fourth-order valence-electron chi connectivity index (χ4n) is 0. The van der Waals surface area contributed by atoms with E-state index < -0.39 is 18.5 Å². The number of hydrogen-bond acceptors (Lipinski definition) is 2. The molecule has 0 saturated heterocycles. The third-order valence-corrected chi connectivity index (χ3v) is 0. The van der Waals surface area contributed by atoms with Gasteiger partial charge in [-0.05, 0) is 0 Å². The first-order valence-electron chi connectivity index (χ1n) is 0.333. The van der Waals surface area contributed by atoms with Crippen LogP contribution in [-0.4, -0.2) is 0 Å². The van der Waals surface area contributed by atoms with E-state index in [-0.39, 0.29) is 19.5 Å². The van der Waals surface area contributed by atoms with Crippen molar-refractivity contribution in [3.8, 4) is 0 Å². The van der Waals surface area contributed by atoms with Crippen LogP contribution in [0.1, 0.15) is 0 Å². The average molecular weight is 229 g/mol. The molecule has 0 amide bonds. The molecule has 4 heavy (non-hydrogen) atoms. The zero-order valence-corrected chi connectivity index (χ0v) is 5.32. The molecule has 0 unspecified atom stereocenters. The smallest absolute Gasteiger partial charge is 0 e. The van der Waals surface area contributed by atoms with Crippen molar-refractivity contribution in [1.29, 1.82) is 0 Å².